The lowest BCUT2D eigenvalue weighted by Crippen LogP contribution is -2.16. The van der Waals surface area contributed by atoms with Crippen molar-refractivity contribution in [1.29, 1.82) is 0 Å². The van der Waals surface area contributed by atoms with E-state index in [0.29, 0.717) is 24.7 Å². The Labute approximate surface area is 123 Å². The van der Waals surface area contributed by atoms with E-state index < -0.39 is 0 Å². The molecule has 0 bridgehead atoms. The Morgan fingerprint density at radius 1 is 1.26 bits per heavy atom. The van der Waals surface area contributed by atoms with Gasteiger partial charge in [0.15, 0.2) is 11.5 Å². The Hall–Kier alpha value is -1.40. The fraction of sp³-hybridized carbons (Fsp3) is 0.231. The number of thiophene rings is 1. The third kappa shape index (κ3) is 2.64. The molecule has 0 saturated carbocycles. The van der Waals surface area contributed by atoms with Crippen molar-refractivity contribution in [3.63, 3.8) is 0 Å². The Kier molecular flexibility index (Phi) is 3.52. The summed E-state index contributed by atoms with van der Waals surface area (Å²) in [6, 6.07) is 5.74. The third-order valence-corrected chi connectivity index (χ3v) is 4.77. The summed E-state index contributed by atoms with van der Waals surface area (Å²) in [5, 5.41) is 5.38. The van der Waals surface area contributed by atoms with Gasteiger partial charge in [-0.15, -0.1) is 11.3 Å². The zero-order valence-corrected chi connectivity index (χ0v) is 12.5. The van der Waals surface area contributed by atoms with Crippen LogP contribution in [0.1, 0.15) is 4.88 Å². The van der Waals surface area contributed by atoms with Gasteiger partial charge in [-0.25, -0.2) is 0 Å². The van der Waals surface area contributed by atoms with Crippen molar-refractivity contribution in [1.82, 2.24) is 0 Å². The Morgan fingerprint density at radius 3 is 2.68 bits per heavy atom. The van der Waals surface area contributed by atoms with Crippen LogP contribution in [0, 0.1) is 0 Å². The summed E-state index contributed by atoms with van der Waals surface area (Å²) < 4.78 is 12.2. The molecule has 1 aliphatic rings. The van der Waals surface area contributed by atoms with Crippen molar-refractivity contribution in [2.45, 2.75) is 6.54 Å². The molecule has 1 aromatic carbocycles. The molecule has 100 valence electrons. The first-order valence-electron chi connectivity index (χ1n) is 5.89. The number of benzene rings is 1. The van der Waals surface area contributed by atoms with Gasteiger partial charge in [-0.1, -0.05) is 0 Å². The molecule has 0 amide bonds. The van der Waals surface area contributed by atoms with Gasteiger partial charge in [-0.05, 0) is 27.4 Å². The molecule has 0 saturated heterocycles. The van der Waals surface area contributed by atoms with Crippen LogP contribution in [0.4, 0.5) is 11.4 Å². The molecule has 3 rings (SSSR count). The number of rotatable bonds is 3. The summed E-state index contributed by atoms with van der Waals surface area (Å²) in [7, 11) is 0. The standard InChI is InChI=1S/C13H13BrN2O2S/c14-8-1-4-19-13(8)7-16-10-6-12-11(5-9(10)15)17-2-3-18-12/h1,4-6,16H,2-3,7,15H2. The van der Waals surface area contributed by atoms with Gasteiger partial charge in [-0.2, -0.15) is 0 Å². The Bertz CT molecular complexity index is 600. The van der Waals surface area contributed by atoms with Gasteiger partial charge in [0.05, 0.1) is 17.9 Å². The summed E-state index contributed by atoms with van der Waals surface area (Å²) in [5.74, 6) is 1.46. The second-order valence-corrected chi connectivity index (χ2v) is 5.98. The van der Waals surface area contributed by atoms with Crippen molar-refractivity contribution in [3.05, 3.63) is 32.9 Å². The summed E-state index contributed by atoms with van der Waals surface area (Å²) in [5.41, 5.74) is 7.54. The zero-order chi connectivity index (χ0) is 13.2. The van der Waals surface area contributed by atoms with Crippen molar-refractivity contribution in [3.8, 4) is 11.5 Å². The van der Waals surface area contributed by atoms with Crippen LogP contribution in [0.5, 0.6) is 11.5 Å². The minimum atomic E-state index is 0.571. The number of fused-ring (bicyclic) bond motifs is 1. The molecular weight excluding hydrogens is 328 g/mol. The topological polar surface area (TPSA) is 56.5 Å². The number of nitrogen functional groups attached to an aromatic ring is 1. The first-order chi connectivity index (χ1) is 9.24. The lowest BCUT2D eigenvalue weighted by Gasteiger charge is -2.20. The quantitative estimate of drug-likeness (QED) is 0.840. The second-order valence-electron chi connectivity index (χ2n) is 4.13. The van der Waals surface area contributed by atoms with E-state index in [1.807, 2.05) is 17.5 Å². The molecule has 0 fully saturated rings. The Balaban J connectivity index is 1.79. The second kappa shape index (κ2) is 5.30. The largest absolute Gasteiger partial charge is 0.486 e. The van der Waals surface area contributed by atoms with Gasteiger partial charge in [0.2, 0.25) is 0 Å². The first kappa shape index (κ1) is 12.6. The van der Waals surface area contributed by atoms with Gasteiger partial charge < -0.3 is 20.5 Å². The van der Waals surface area contributed by atoms with E-state index in [1.165, 1.54) is 4.88 Å². The van der Waals surface area contributed by atoms with E-state index in [4.69, 9.17) is 15.2 Å². The maximum atomic E-state index is 6.02. The van der Waals surface area contributed by atoms with Crippen LogP contribution >= 0.6 is 27.3 Å². The smallest absolute Gasteiger partial charge is 0.163 e. The fourth-order valence-corrected chi connectivity index (χ4v) is 3.32. The number of nitrogens with two attached hydrogens (primary N) is 1. The highest BCUT2D eigenvalue weighted by Crippen LogP contribution is 2.37. The average molecular weight is 341 g/mol. The number of nitrogens with one attached hydrogen (secondary N) is 1. The van der Waals surface area contributed by atoms with E-state index >= 15 is 0 Å². The van der Waals surface area contributed by atoms with Crippen LogP contribution < -0.4 is 20.5 Å². The average Bonchev–Trinajstić information content (AvgIpc) is 2.82. The van der Waals surface area contributed by atoms with Crippen LogP contribution in [0.2, 0.25) is 0 Å². The molecule has 2 heterocycles. The van der Waals surface area contributed by atoms with Crippen molar-refractivity contribution < 1.29 is 9.47 Å². The molecule has 0 spiro atoms. The summed E-state index contributed by atoms with van der Waals surface area (Å²) in [4.78, 5) is 1.23. The maximum absolute atomic E-state index is 6.02. The van der Waals surface area contributed by atoms with E-state index in [0.717, 1.165) is 22.5 Å². The summed E-state index contributed by atoms with van der Waals surface area (Å²) in [6.45, 7) is 1.87. The van der Waals surface area contributed by atoms with E-state index in [9.17, 15) is 0 Å². The first-order valence-corrected chi connectivity index (χ1v) is 7.56. The van der Waals surface area contributed by atoms with Crippen LogP contribution in [0.3, 0.4) is 0 Å². The molecule has 6 heteroatoms. The van der Waals surface area contributed by atoms with Crippen LogP contribution in [-0.2, 0) is 6.54 Å². The monoisotopic (exact) mass is 340 g/mol. The summed E-state index contributed by atoms with van der Waals surface area (Å²) in [6.07, 6.45) is 0. The van der Waals surface area contributed by atoms with E-state index in [2.05, 4.69) is 21.2 Å². The van der Waals surface area contributed by atoms with Gasteiger partial charge >= 0.3 is 0 Å². The minimum absolute atomic E-state index is 0.571. The molecule has 0 atom stereocenters. The highest BCUT2D eigenvalue weighted by molar-refractivity contribution is 9.10. The SMILES string of the molecule is Nc1cc2c(cc1NCc1sccc1Br)OCCO2. The molecule has 2 aromatic rings. The molecule has 3 N–H and O–H groups in total. The predicted molar refractivity (Wildman–Crippen MR) is 81.2 cm³/mol. The normalized spacial score (nSPS) is 13.3. The zero-order valence-electron chi connectivity index (χ0n) is 10.1. The molecule has 4 nitrogen and oxygen atoms in total. The van der Waals surface area contributed by atoms with Crippen LogP contribution in [0.15, 0.2) is 28.1 Å². The third-order valence-electron chi connectivity index (χ3n) is 2.84. The van der Waals surface area contributed by atoms with Crippen molar-refractivity contribution in [2.75, 3.05) is 24.3 Å². The maximum Gasteiger partial charge on any atom is 0.163 e. The number of anilines is 2. The van der Waals surface area contributed by atoms with Crippen molar-refractivity contribution in [2.24, 2.45) is 0 Å². The highest BCUT2D eigenvalue weighted by Gasteiger charge is 2.14. The van der Waals surface area contributed by atoms with Gasteiger partial charge in [0, 0.05) is 21.5 Å². The number of hydrogen-bond acceptors (Lipinski definition) is 5. The molecule has 1 aliphatic heterocycles. The molecule has 0 radical (unpaired) electrons. The molecule has 0 unspecified atom stereocenters. The lowest BCUT2D eigenvalue weighted by molar-refractivity contribution is 0.172. The van der Waals surface area contributed by atoms with Gasteiger partial charge in [-0.3, -0.25) is 0 Å². The van der Waals surface area contributed by atoms with E-state index in [-0.39, 0.29) is 0 Å². The highest BCUT2D eigenvalue weighted by atomic mass is 79.9. The molecule has 1 aromatic heterocycles. The van der Waals surface area contributed by atoms with Gasteiger partial charge in [0.1, 0.15) is 13.2 Å². The van der Waals surface area contributed by atoms with Crippen LogP contribution in [0.25, 0.3) is 0 Å². The number of ether oxygens (including phenoxy) is 2. The van der Waals surface area contributed by atoms with Gasteiger partial charge in [0.25, 0.3) is 0 Å². The van der Waals surface area contributed by atoms with Crippen molar-refractivity contribution >= 4 is 38.6 Å². The number of hydrogen-bond donors (Lipinski definition) is 2. The lowest BCUT2D eigenvalue weighted by atomic mass is 10.2. The summed E-state index contributed by atoms with van der Waals surface area (Å²) >= 11 is 5.21. The fourth-order valence-electron chi connectivity index (χ4n) is 1.88. The molecule has 19 heavy (non-hydrogen) atoms. The number of halogens is 1. The minimum Gasteiger partial charge on any atom is -0.486 e. The molecular formula is C13H13BrN2O2S. The molecule has 0 aliphatic carbocycles. The van der Waals surface area contributed by atoms with E-state index in [1.54, 1.807) is 17.4 Å². The Morgan fingerprint density at radius 2 is 2.00 bits per heavy atom. The predicted octanol–water partition coefficient (Wildman–Crippen LogP) is 3.48. The van der Waals surface area contributed by atoms with Crippen LogP contribution in [-0.4, -0.2) is 13.2 Å².